The largest absolute Gasteiger partial charge is 0.496 e. The number of hydrogen-bond donors (Lipinski definition) is 5. The van der Waals surface area contributed by atoms with Crippen LogP contribution in [0, 0.1) is 23.2 Å². The van der Waals surface area contributed by atoms with Gasteiger partial charge in [-0.2, -0.15) is 5.26 Å². The van der Waals surface area contributed by atoms with Gasteiger partial charge < -0.3 is 25.7 Å². The van der Waals surface area contributed by atoms with Gasteiger partial charge in [-0.1, -0.05) is 19.9 Å². The molecule has 1 aromatic carbocycles. The van der Waals surface area contributed by atoms with Gasteiger partial charge in [0.05, 0.1) is 19.2 Å². The molecule has 0 aliphatic carbocycles. The summed E-state index contributed by atoms with van der Waals surface area (Å²) in [6, 6.07) is 7.29. The summed E-state index contributed by atoms with van der Waals surface area (Å²) < 4.78 is 5.39. The molecule has 3 rings (SSSR count). The first kappa shape index (κ1) is 29.0. The number of aromatic nitrogens is 1. The normalized spacial score (nSPS) is 17.9. The second-order valence-corrected chi connectivity index (χ2v) is 11.4. The van der Waals surface area contributed by atoms with Crippen molar-refractivity contribution in [2.75, 3.05) is 13.7 Å². The van der Waals surface area contributed by atoms with Crippen LogP contribution in [0.5, 0.6) is 5.75 Å². The fourth-order valence-corrected chi connectivity index (χ4v) is 4.79. The number of nitriles is 1. The smallest absolute Gasteiger partial charge is 0.268 e. The molecule has 2 aromatic rings. The van der Waals surface area contributed by atoms with Crippen LogP contribution in [-0.4, -0.2) is 60.0 Å². The van der Waals surface area contributed by atoms with Crippen molar-refractivity contribution < 1.29 is 19.1 Å². The van der Waals surface area contributed by atoms with Crippen molar-refractivity contribution in [3.05, 3.63) is 30.0 Å². The average Bonchev–Trinajstić information content (AvgIpc) is 3.46. The van der Waals surface area contributed by atoms with Crippen molar-refractivity contribution >= 4 is 28.6 Å². The first-order valence-corrected chi connectivity index (χ1v) is 13.1. The Kier molecular flexibility index (Phi) is 9.39. The van der Waals surface area contributed by atoms with Crippen molar-refractivity contribution in [3.63, 3.8) is 0 Å². The molecule has 0 radical (unpaired) electrons. The van der Waals surface area contributed by atoms with Gasteiger partial charge in [0.1, 0.15) is 23.5 Å². The summed E-state index contributed by atoms with van der Waals surface area (Å²) in [6.07, 6.45) is 1.37. The molecule has 0 bridgehead atoms. The van der Waals surface area contributed by atoms with E-state index in [4.69, 9.17) is 4.74 Å². The van der Waals surface area contributed by atoms with Crippen LogP contribution in [-0.2, 0) is 9.59 Å². The Labute approximate surface area is 224 Å². The maximum absolute atomic E-state index is 13.6. The molecule has 10 nitrogen and oxygen atoms in total. The summed E-state index contributed by atoms with van der Waals surface area (Å²) in [5.41, 5.74) is 0.678. The Morgan fingerprint density at radius 2 is 1.97 bits per heavy atom. The number of nitrogens with one attached hydrogen (secondary N) is 5. The Balaban J connectivity index is 1.82. The van der Waals surface area contributed by atoms with Gasteiger partial charge in [-0.25, -0.2) is 0 Å². The van der Waals surface area contributed by atoms with Crippen LogP contribution in [0.2, 0.25) is 0 Å². The minimum atomic E-state index is -0.829. The van der Waals surface area contributed by atoms with Crippen molar-refractivity contribution in [2.45, 2.75) is 77.5 Å². The number of rotatable bonds is 11. The lowest BCUT2D eigenvalue weighted by Gasteiger charge is -2.32. The van der Waals surface area contributed by atoms with E-state index < -0.39 is 24.0 Å². The van der Waals surface area contributed by atoms with Crippen LogP contribution in [0.1, 0.15) is 64.4 Å². The third-order valence-electron chi connectivity index (χ3n) is 6.58. The van der Waals surface area contributed by atoms with Crippen LogP contribution >= 0.6 is 0 Å². The maximum atomic E-state index is 13.6. The van der Waals surface area contributed by atoms with Gasteiger partial charge in [0.2, 0.25) is 11.8 Å². The van der Waals surface area contributed by atoms with Crippen LogP contribution in [0.3, 0.4) is 0 Å². The third kappa shape index (κ3) is 7.48. The number of benzene rings is 1. The maximum Gasteiger partial charge on any atom is 0.268 e. The van der Waals surface area contributed by atoms with Gasteiger partial charge in [-0.3, -0.25) is 19.7 Å². The molecule has 10 heteroatoms. The quantitative estimate of drug-likeness (QED) is 0.305. The monoisotopic (exact) mass is 524 g/mol. The summed E-state index contributed by atoms with van der Waals surface area (Å²) >= 11 is 0. The van der Waals surface area contributed by atoms with E-state index >= 15 is 0 Å². The SMILES string of the molecule is COc1cccc2[nH]c(C(=O)N[C@@H](CC(C)C)C(=O)N[C@@H](C[C@@H]3CCNC3=O)[C@H](C#N)NC(C)(C)C)cc12. The molecule has 4 atom stereocenters. The lowest BCUT2D eigenvalue weighted by molar-refractivity contribution is -0.126. The molecule has 3 amide bonds. The van der Waals surface area contributed by atoms with Crippen LogP contribution in [0.15, 0.2) is 24.3 Å². The number of carbonyl (C=O) groups is 3. The highest BCUT2D eigenvalue weighted by molar-refractivity contribution is 6.01. The number of amides is 3. The molecule has 1 aromatic heterocycles. The van der Waals surface area contributed by atoms with Crippen LogP contribution in [0.4, 0.5) is 0 Å². The van der Waals surface area contributed by atoms with Gasteiger partial charge in [0.15, 0.2) is 0 Å². The molecule has 0 spiro atoms. The third-order valence-corrected chi connectivity index (χ3v) is 6.58. The van der Waals surface area contributed by atoms with Gasteiger partial charge in [0, 0.05) is 28.9 Å². The molecule has 38 heavy (non-hydrogen) atoms. The van der Waals surface area contributed by atoms with E-state index in [0.29, 0.717) is 37.3 Å². The van der Waals surface area contributed by atoms with Crippen molar-refractivity contribution in [2.24, 2.45) is 11.8 Å². The van der Waals surface area contributed by atoms with Gasteiger partial charge in [-0.15, -0.1) is 0 Å². The van der Waals surface area contributed by atoms with Crippen molar-refractivity contribution in [3.8, 4) is 11.8 Å². The number of fused-ring (bicyclic) bond motifs is 1. The Morgan fingerprint density at radius 1 is 1.24 bits per heavy atom. The topological polar surface area (TPSA) is 148 Å². The summed E-state index contributed by atoms with van der Waals surface area (Å²) in [7, 11) is 1.57. The Bertz CT molecular complexity index is 1190. The number of hydrogen-bond acceptors (Lipinski definition) is 6. The zero-order valence-corrected chi connectivity index (χ0v) is 23.1. The molecule has 1 fully saturated rings. The summed E-state index contributed by atoms with van der Waals surface area (Å²) in [6.45, 7) is 10.3. The minimum absolute atomic E-state index is 0.0713. The molecule has 1 aliphatic rings. The summed E-state index contributed by atoms with van der Waals surface area (Å²) in [4.78, 5) is 42.2. The number of H-pyrrole nitrogens is 1. The molecule has 0 saturated carbocycles. The predicted octanol–water partition coefficient (Wildman–Crippen LogP) is 2.61. The summed E-state index contributed by atoms with van der Waals surface area (Å²) in [5.74, 6) is -0.412. The number of nitrogens with zero attached hydrogens (tertiary/aromatic N) is 1. The molecule has 5 N–H and O–H groups in total. The summed E-state index contributed by atoms with van der Waals surface area (Å²) in [5, 5.41) is 22.7. The molecular weight excluding hydrogens is 484 g/mol. The number of methoxy groups -OCH3 is 1. The van der Waals surface area contributed by atoms with E-state index in [-0.39, 0.29) is 29.2 Å². The standard InChI is InChI=1S/C28H40N6O4/c1-16(2)12-21(33-27(37)22-14-18-19(31-22)8-7-9-24(18)38-6)26(36)32-20(13-17-10-11-30-25(17)35)23(15-29)34-28(3,4)5/h7-9,14,16-17,20-21,23,31,34H,10-13H2,1-6H3,(H,30,35)(H,32,36)(H,33,37)/t17-,20-,21-,23-/m0/s1. The van der Waals surface area contributed by atoms with Crippen molar-refractivity contribution in [1.29, 1.82) is 5.26 Å². The highest BCUT2D eigenvalue weighted by atomic mass is 16.5. The highest BCUT2D eigenvalue weighted by Gasteiger charge is 2.35. The van der Waals surface area contributed by atoms with Gasteiger partial charge in [0.25, 0.3) is 5.91 Å². The second kappa shape index (κ2) is 12.3. The fourth-order valence-electron chi connectivity index (χ4n) is 4.79. The number of carbonyl (C=O) groups excluding carboxylic acids is 3. The van der Waals surface area contributed by atoms with E-state index in [9.17, 15) is 19.6 Å². The molecular formula is C28H40N6O4. The Hall–Kier alpha value is -3.58. The molecule has 206 valence electrons. The van der Waals surface area contributed by atoms with Gasteiger partial charge in [-0.05, 0) is 64.2 Å². The van der Waals surface area contributed by atoms with Crippen LogP contribution in [0.25, 0.3) is 10.9 Å². The number of ether oxygens (including phenoxy) is 1. The van der Waals surface area contributed by atoms with Gasteiger partial charge >= 0.3 is 0 Å². The molecule has 0 unspecified atom stereocenters. The minimum Gasteiger partial charge on any atom is -0.496 e. The first-order chi connectivity index (χ1) is 17.9. The van der Waals surface area contributed by atoms with E-state index in [2.05, 4.69) is 32.3 Å². The molecule has 1 aliphatic heterocycles. The lowest BCUT2D eigenvalue weighted by Crippen LogP contribution is -2.58. The van der Waals surface area contributed by atoms with E-state index in [1.807, 2.05) is 52.8 Å². The predicted molar refractivity (Wildman–Crippen MR) is 146 cm³/mol. The number of aromatic amines is 1. The highest BCUT2D eigenvalue weighted by Crippen LogP contribution is 2.26. The van der Waals surface area contributed by atoms with Crippen molar-refractivity contribution in [1.82, 2.24) is 26.3 Å². The van der Waals surface area contributed by atoms with E-state index in [1.165, 1.54) is 0 Å². The Morgan fingerprint density at radius 3 is 2.55 bits per heavy atom. The lowest BCUT2D eigenvalue weighted by atomic mass is 9.92. The zero-order chi connectivity index (χ0) is 28.0. The average molecular weight is 525 g/mol. The molecule has 2 heterocycles. The first-order valence-electron chi connectivity index (χ1n) is 13.1. The van der Waals surface area contributed by atoms with E-state index in [0.717, 1.165) is 10.9 Å². The van der Waals surface area contributed by atoms with Crippen LogP contribution < -0.4 is 26.0 Å². The zero-order valence-electron chi connectivity index (χ0n) is 23.1. The molecule has 1 saturated heterocycles. The fraction of sp³-hybridized carbons (Fsp3) is 0.571. The van der Waals surface area contributed by atoms with E-state index in [1.54, 1.807) is 13.2 Å². The second-order valence-electron chi connectivity index (χ2n) is 11.4.